The Balaban J connectivity index is 1.54. The maximum Gasteiger partial charge on any atom is 0.139 e. The van der Waals surface area contributed by atoms with Gasteiger partial charge in [-0.2, -0.15) is 0 Å². The number of carbonyl (C=O) groups excluding carboxylic acids is 1. The average Bonchev–Trinajstić information content (AvgIpc) is 2.81. The van der Waals surface area contributed by atoms with E-state index in [0.29, 0.717) is 42.6 Å². The smallest absolute Gasteiger partial charge is 0.139 e. The van der Waals surface area contributed by atoms with Gasteiger partial charge in [0.25, 0.3) is 0 Å². The summed E-state index contributed by atoms with van der Waals surface area (Å²) < 4.78 is 16.4. The van der Waals surface area contributed by atoms with Crippen LogP contribution in [0.15, 0.2) is 30.3 Å². The molecular formula is C26H33ClN2O4. The van der Waals surface area contributed by atoms with Crippen molar-refractivity contribution in [2.45, 2.75) is 38.8 Å². The number of anilines is 1. The molecule has 0 bridgehead atoms. The number of carbonyl (C=O) groups is 1. The second-order valence-electron chi connectivity index (χ2n) is 8.86. The van der Waals surface area contributed by atoms with Crippen LogP contribution in [0.3, 0.4) is 0 Å². The minimum absolute atomic E-state index is 0.102. The van der Waals surface area contributed by atoms with Crippen LogP contribution in [0.25, 0.3) is 0 Å². The van der Waals surface area contributed by atoms with E-state index in [-0.39, 0.29) is 12.1 Å². The first-order chi connectivity index (χ1) is 15.9. The summed E-state index contributed by atoms with van der Waals surface area (Å²) in [6.07, 6.45) is 1.16. The van der Waals surface area contributed by atoms with Crippen LogP contribution in [0.2, 0.25) is 5.02 Å². The number of methoxy groups -OCH3 is 2. The molecule has 2 aromatic carbocycles. The molecule has 0 aromatic heterocycles. The van der Waals surface area contributed by atoms with Crippen molar-refractivity contribution in [1.82, 2.24) is 4.90 Å². The number of halogens is 1. The first-order valence-electron chi connectivity index (χ1n) is 11.5. The summed E-state index contributed by atoms with van der Waals surface area (Å²) in [6.45, 7) is 7.91. The number of ether oxygens (including phenoxy) is 3. The third-order valence-electron chi connectivity index (χ3n) is 7.00. The minimum atomic E-state index is 0.102. The van der Waals surface area contributed by atoms with E-state index in [1.54, 1.807) is 14.2 Å². The molecule has 178 valence electrons. The fourth-order valence-electron chi connectivity index (χ4n) is 5.08. The normalized spacial score (nSPS) is 21.1. The van der Waals surface area contributed by atoms with Crippen molar-refractivity contribution < 1.29 is 19.0 Å². The van der Waals surface area contributed by atoms with E-state index in [2.05, 4.69) is 29.7 Å². The number of piperidine rings is 1. The summed E-state index contributed by atoms with van der Waals surface area (Å²) in [7, 11) is 3.30. The maximum absolute atomic E-state index is 12.8. The summed E-state index contributed by atoms with van der Waals surface area (Å²) in [6, 6.07) is 10.3. The lowest BCUT2D eigenvalue weighted by Crippen LogP contribution is -2.57. The van der Waals surface area contributed by atoms with E-state index in [1.165, 1.54) is 11.1 Å². The Morgan fingerprint density at radius 2 is 1.82 bits per heavy atom. The van der Waals surface area contributed by atoms with E-state index in [9.17, 15) is 4.79 Å². The minimum Gasteiger partial charge on any atom is -0.495 e. The van der Waals surface area contributed by atoms with Gasteiger partial charge in [-0.1, -0.05) is 17.7 Å². The lowest BCUT2D eigenvalue weighted by Gasteiger charge is -2.49. The molecule has 6 nitrogen and oxygen atoms in total. The van der Waals surface area contributed by atoms with Crippen LogP contribution in [-0.2, 0) is 9.53 Å². The fourth-order valence-corrected chi connectivity index (χ4v) is 5.27. The van der Waals surface area contributed by atoms with Gasteiger partial charge in [-0.25, -0.2) is 0 Å². The molecule has 2 aromatic rings. The zero-order valence-electron chi connectivity index (χ0n) is 19.9. The van der Waals surface area contributed by atoms with Gasteiger partial charge in [0.05, 0.1) is 18.7 Å². The van der Waals surface area contributed by atoms with Gasteiger partial charge in [0.15, 0.2) is 0 Å². The van der Waals surface area contributed by atoms with Gasteiger partial charge < -0.3 is 19.1 Å². The molecule has 33 heavy (non-hydrogen) atoms. The van der Waals surface area contributed by atoms with E-state index in [0.717, 1.165) is 36.6 Å². The van der Waals surface area contributed by atoms with E-state index >= 15 is 0 Å². The molecule has 2 saturated heterocycles. The van der Waals surface area contributed by atoms with Crippen molar-refractivity contribution in [2.75, 3.05) is 52.0 Å². The zero-order valence-corrected chi connectivity index (χ0v) is 20.7. The number of hydrogen-bond donors (Lipinski definition) is 0. The second-order valence-corrected chi connectivity index (χ2v) is 9.27. The van der Waals surface area contributed by atoms with Gasteiger partial charge in [-0.15, -0.1) is 0 Å². The third kappa shape index (κ3) is 4.98. The molecule has 0 saturated carbocycles. The molecule has 0 radical (unpaired) electrons. The predicted octanol–water partition coefficient (Wildman–Crippen LogP) is 4.59. The molecule has 0 aliphatic carbocycles. The van der Waals surface area contributed by atoms with Gasteiger partial charge >= 0.3 is 0 Å². The lowest BCUT2D eigenvalue weighted by molar-refractivity contribution is -0.125. The van der Waals surface area contributed by atoms with Gasteiger partial charge in [0.1, 0.15) is 23.9 Å². The van der Waals surface area contributed by atoms with Crippen LogP contribution in [-0.4, -0.2) is 63.8 Å². The van der Waals surface area contributed by atoms with Gasteiger partial charge in [0.2, 0.25) is 0 Å². The molecule has 2 atom stereocenters. The van der Waals surface area contributed by atoms with Crippen LogP contribution >= 0.6 is 11.6 Å². The largest absolute Gasteiger partial charge is 0.495 e. The zero-order chi connectivity index (χ0) is 23.5. The van der Waals surface area contributed by atoms with E-state index in [1.807, 2.05) is 24.3 Å². The van der Waals surface area contributed by atoms with Crippen molar-refractivity contribution >= 4 is 23.1 Å². The SMILES string of the molecule is COCCOc1ccc([C@H]2CC(=O)C[C@H]3CN(c4ccc(Cl)c(OC)c4)CCN32)c(C)c1C. The Morgan fingerprint density at radius 3 is 2.58 bits per heavy atom. The van der Waals surface area contributed by atoms with Crippen molar-refractivity contribution in [1.29, 1.82) is 0 Å². The molecule has 2 fully saturated rings. The van der Waals surface area contributed by atoms with Crippen molar-refractivity contribution in [3.63, 3.8) is 0 Å². The van der Waals surface area contributed by atoms with Gasteiger partial charge in [-0.3, -0.25) is 9.69 Å². The molecule has 4 rings (SSSR count). The second kappa shape index (κ2) is 10.3. The lowest BCUT2D eigenvalue weighted by atomic mass is 9.85. The molecule has 2 aliphatic rings. The van der Waals surface area contributed by atoms with Crippen LogP contribution in [0.1, 0.15) is 35.6 Å². The monoisotopic (exact) mass is 472 g/mol. The first-order valence-corrected chi connectivity index (χ1v) is 11.9. The summed E-state index contributed by atoms with van der Waals surface area (Å²) in [4.78, 5) is 17.7. The van der Waals surface area contributed by atoms with Crippen LogP contribution in [0.4, 0.5) is 5.69 Å². The number of Topliss-reactive ketones (excluding diaryl/α,β-unsaturated/α-hetero) is 1. The molecular weight excluding hydrogens is 440 g/mol. The highest BCUT2D eigenvalue weighted by molar-refractivity contribution is 6.32. The average molecular weight is 473 g/mol. The van der Waals surface area contributed by atoms with E-state index < -0.39 is 0 Å². The van der Waals surface area contributed by atoms with E-state index in [4.69, 9.17) is 25.8 Å². The molecule has 0 amide bonds. The number of rotatable bonds is 7. The van der Waals surface area contributed by atoms with Crippen molar-refractivity contribution in [3.05, 3.63) is 52.0 Å². The van der Waals surface area contributed by atoms with Crippen molar-refractivity contribution in [2.24, 2.45) is 0 Å². The van der Waals surface area contributed by atoms with Crippen LogP contribution in [0.5, 0.6) is 11.5 Å². The highest BCUT2D eigenvalue weighted by atomic mass is 35.5. The topological polar surface area (TPSA) is 51.2 Å². The summed E-state index contributed by atoms with van der Waals surface area (Å²) >= 11 is 6.21. The van der Waals surface area contributed by atoms with Crippen LogP contribution in [0, 0.1) is 13.8 Å². The Morgan fingerprint density at radius 1 is 1.00 bits per heavy atom. The van der Waals surface area contributed by atoms with Gasteiger partial charge in [-0.05, 0) is 48.7 Å². The van der Waals surface area contributed by atoms with Crippen molar-refractivity contribution in [3.8, 4) is 11.5 Å². The first kappa shape index (κ1) is 23.9. The maximum atomic E-state index is 12.8. The standard InChI is InChI=1S/C26H33ClN2O4/c1-17-18(2)25(33-12-11-31-3)8-6-22(17)24-15-21(30)13-20-16-28(9-10-29(20)24)19-5-7-23(27)26(14-19)32-4/h5-8,14,20,24H,9-13,15-16H2,1-4H3/t20-,24+/m0/s1. The quantitative estimate of drug-likeness (QED) is 0.549. The Kier molecular flexibility index (Phi) is 7.47. The molecule has 0 spiro atoms. The highest BCUT2D eigenvalue weighted by Gasteiger charge is 2.39. The number of fused-ring (bicyclic) bond motifs is 1. The summed E-state index contributed by atoms with van der Waals surface area (Å²) in [5.41, 5.74) is 4.64. The summed E-state index contributed by atoms with van der Waals surface area (Å²) in [5.74, 6) is 1.89. The Bertz CT molecular complexity index is 1010. The number of nitrogens with zero attached hydrogens (tertiary/aromatic N) is 2. The highest BCUT2D eigenvalue weighted by Crippen LogP contribution is 2.39. The number of benzene rings is 2. The molecule has 2 aliphatic heterocycles. The molecule has 0 unspecified atom stereocenters. The third-order valence-corrected chi connectivity index (χ3v) is 7.31. The Labute approximate surface area is 201 Å². The molecule has 2 heterocycles. The number of ketones is 1. The van der Waals surface area contributed by atoms with Crippen LogP contribution < -0.4 is 14.4 Å². The predicted molar refractivity (Wildman–Crippen MR) is 131 cm³/mol. The van der Waals surface area contributed by atoms with Gasteiger partial charge in [0, 0.05) is 63.4 Å². The Hall–Kier alpha value is -2.28. The number of piperazine rings is 1. The molecule has 0 N–H and O–H groups in total. The summed E-state index contributed by atoms with van der Waals surface area (Å²) in [5, 5.41) is 0.605. The number of hydrogen-bond acceptors (Lipinski definition) is 6. The fraction of sp³-hybridized carbons (Fsp3) is 0.500. The molecule has 7 heteroatoms.